The van der Waals surface area contributed by atoms with Gasteiger partial charge in [0.15, 0.2) is 0 Å². The maximum Gasteiger partial charge on any atom is 0.251 e. The minimum Gasteiger partial charge on any atom is -0.495 e. The van der Waals surface area contributed by atoms with Crippen LogP contribution in [0.1, 0.15) is 30.0 Å². The second-order valence-corrected chi connectivity index (χ2v) is 9.22. The number of nitrogens with one attached hydrogen (secondary N) is 2. The zero-order valence-electron chi connectivity index (χ0n) is 17.3. The Hall–Kier alpha value is -2.81. The molecular formula is C22H23ClN2O5S. The fourth-order valence-electron chi connectivity index (χ4n) is 2.91. The second kappa shape index (κ2) is 9.55. The van der Waals surface area contributed by atoms with Gasteiger partial charge in [-0.15, -0.1) is 0 Å². The molecule has 0 saturated carbocycles. The van der Waals surface area contributed by atoms with Crippen LogP contribution in [0.3, 0.4) is 0 Å². The first-order valence-corrected chi connectivity index (χ1v) is 11.4. The molecule has 3 aromatic rings. The van der Waals surface area contributed by atoms with Crippen LogP contribution in [0.25, 0.3) is 11.3 Å². The summed E-state index contributed by atoms with van der Waals surface area (Å²) in [6.45, 7) is 3.56. The van der Waals surface area contributed by atoms with Gasteiger partial charge in [0.05, 0.1) is 13.7 Å². The SMILES string of the molecule is COc1ccc(C(=O)NCc2ccc(-c3ccc(Cl)cc3)o2)cc1S(=O)(=O)NC(C)C. The molecule has 1 heterocycles. The number of benzene rings is 2. The van der Waals surface area contributed by atoms with Crippen LogP contribution in [0, 0.1) is 0 Å². The number of sulfonamides is 1. The molecule has 0 fully saturated rings. The first-order chi connectivity index (χ1) is 14.7. The van der Waals surface area contributed by atoms with Gasteiger partial charge in [0.1, 0.15) is 22.2 Å². The van der Waals surface area contributed by atoms with Gasteiger partial charge >= 0.3 is 0 Å². The number of carbonyl (C=O) groups is 1. The highest BCUT2D eigenvalue weighted by atomic mass is 35.5. The molecule has 0 unspecified atom stereocenters. The maximum atomic E-state index is 12.6. The lowest BCUT2D eigenvalue weighted by Gasteiger charge is -2.14. The van der Waals surface area contributed by atoms with Gasteiger partial charge in [-0.05, 0) is 68.4 Å². The minimum absolute atomic E-state index is 0.0978. The Bertz CT molecular complexity index is 1170. The van der Waals surface area contributed by atoms with Crippen molar-refractivity contribution in [1.29, 1.82) is 0 Å². The molecule has 0 aliphatic carbocycles. The number of furan rings is 1. The van der Waals surface area contributed by atoms with Gasteiger partial charge in [-0.3, -0.25) is 4.79 Å². The molecule has 0 atom stereocenters. The number of ether oxygens (including phenoxy) is 1. The molecule has 0 spiro atoms. The van der Waals surface area contributed by atoms with Crippen molar-refractivity contribution >= 4 is 27.5 Å². The monoisotopic (exact) mass is 462 g/mol. The normalized spacial score (nSPS) is 11.5. The summed E-state index contributed by atoms with van der Waals surface area (Å²) in [6, 6.07) is 14.7. The summed E-state index contributed by atoms with van der Waals surface area (Å²) in [5.41, 5.74) is 1.05. The first-order valence-electron chi connectivity index (χ1n) is 9.53. The highest BCUT2D eigenvalue weighted by Gasteiger charge is 2.22. The number of methoxy groups -OCH3 is 1. The van der Waals surface area contributed by atoms with Crippen molar-refractivity contribution in [2.24, 2.45) is 0 Å². The third-order valence-electron chi connectivity index (χ3n) is 4.32. The Kier molecular flexibility index (Phi) is 7.04. The van der Waals surface area contributed by atoms with E-state index in [0.717, 1.165) is 5.56 Å². The average molecular weight is 463 g/mol. The summed E-state index contributed by atoms with van der Waals surface area (Å²) in [5, 5.41) is 3.37. The van der Waals surface area contributed by atoms with Crippen LogP contribution in [-0.2, 0) is 16.6 Å². The molecule has 2 aromatic carbocycles. The van der Waals surface area contributed by atoms with E-state index in [1.54, 1.807) is 38.1 Å². The summed E-state index contributed by atoms with van der Waals surface area (Å²) >= 11 is 5.90. The highest BCUT2D eigenvalue weighted by Crippen LogP contribution is 2.26. The van der Waals surface area contributed by atoms with Gasteiger partial charge < -0.3 is 14.5 Å². The summed E-state index contributed by atoms with van der Waals surface area (Å²) in [7, 11) is -2.47. The fraction of sp³-hybridized carbons (Fsp3) is 0.227. The summed E-state index contributed by atoms with van der Waals surface area (Å²) < 4.78 is 38.6. The number of carbonyl (C=O) groups excluding carboxylic acids is 1. The molecule has 0 aliphatic rings. The van der Waals surface area contributed by atoms with Crippen molar-refractivity contribution in [2.75, 3.05) is 7.11 Å². The third kappa shape index (κ3) is 5.66. The van der Waals surface area contributed by atoms with Crippen LogP contribution in [0.4, 0.5) is 0 Å². The molecule has 1 aromatic heterocycles. The molecular weight excluding hydrogens is 440 g/mol. The maximum absolute atomic E-state index is 12.6. The predicted molar refractivity (Wildman–Crippen MR) is 119 cm³/mol. The molecule has 0 saturated heterocycles. The van der Waals surface area contributed by atoms with E-state index >= 15 is 0 Å². The van der Waals surface area contributed by atoms with E-state index in [9.17, 15) is 13.2 Å². The summed E-state index contributed by atoms with van der Waals surface area (Å²) in [5.74, 6) is 0.927. The molecule has 0 bridgehead atoms. The van der Waals surface area contributed by atoms with E-state index < -0.39 is 15.9 Å². The molecule has 31 heavy (non-hydrogen) atoms. The Balaban J connectivity index is 1.74. The van der Waals surface area contributed by atoms with Crippen LogP contribution in [-0.4, -0.2) is 27.5 Å². The minimum atomic E-state index is -3.84. The molecule has 1 amide bonds. The Morgan fingerprint density at radius 3 is 2.45 bits per heavy atom. The van der Waals surface area contributed by atoms with Crippen LogP contribution in [0.5, 0.6) is 5.75 Å². The van der Waals surface area contributed by atoms with Crippen LogP contribution >= 0.6 is 11.6 Å². The van der Waals surface area contributed by atoms with Crippen molar-refractivity contribution in [2.45, 2.75) is 31.3 Å². The number of hydrogen-bond donors (Lipinski definition) is 2. The first kappa shape index (κ1) is 22.9. The van der Waals surface area contributed by atoms with Crippen molar-refractivity contribution in [3.05, 3.63) is 70.9 Å². The molecule has 2 N–H and O–H groups in total. The molecule has 9 heteroatoms. The number of amides is 1. The zero-order chi connectivity index (χ0) is 22.6. The molecule has 164 valence electrons. The number of rotatable bonds is 8. The third-order valence-corrected chi connectivity index (χ3v) is 6.25. The lowest BCUT2D eigenvalue weighted by atomic mass is 10.2. The Morgan fingerprint density at radius 2 is 1.81 bits per heavy atom. The van der Waals surface area contributed by atoms with Crippen molar-refractivity contribution in [3.63, 3.8) is 0 Å². The van der Waals surface area contributed by atoms with Gasteiger partial charge in [-0.1, -0.05) is 11.6 Å². The van der Waals surface area contributed by atoms with Crippen molar-refractivity contribution < 1.29 is 22.4 Å². The van der Waals surface area contributed by atoms with Crippen LogP contribution in [0.15, 0.2) is 63.9 Å². The quantitative estimate of drug-likeness (QED) is 0.522. The summed E-state index contributed by atoms with van der Waals surface area (Å²) in [4.78, 5) is 12.5. The highest BCUT2D eigenvalue weighted by molar-refractivity contribution is 7.89. The standard InChI is InChI=1S/C22H23ClN2O5S/c1-14(2)25-31(27,28)21-12-16(6-10-20(21)29-3)22(26)24-13-18-9-11-19(30-18)15-4-7-17(23)8-5-15/h4-12,14,25H,13H2,1-3H3,(H,24,26). The predicted octanol–water partition coefficient (Wildman–Crippen LogP) is 4.23. The Morgan fingerprint density at radius 1 is 1.10 bits per heavy atom. The lowest BCUT2D eigenvalue weighted by Crippen LogP contribution is -2.31. The van der Waals surface area contributed by atoms with E-state index in [1.165, 1.54) is 25.3 Å². The van der Waals surface area contributed by atoms with Crippen LogP contribution < -0.4 is 14.8 Å². The molecule has 0 aliphatic heterocycles. The van der Waals surface area contributed by atoms with E-state index in [1.807, 2.05) is 12.1 Å². The van der Waals surface area contributed by atoms with E-state index in [-0.39, 0.29) is 28.8 Å². The fourth-order valence-corrected chi connectivity index (χ4v) is 4.49. The molecule has 7 nitrogen and oxygen atoms in total. The van der Waals surface area contributed by atoms with Gasteiger partial charge in [-0.2, -0.15) is 0 Å². The van der Waals surface area contributed by atoms with Gasteiger partial charge in [-0.25, -0.2) is 13.1 Å². The average Bonchev–Trinajstić information content (AvgIpc) is 3.20. The Labute approximate surface area is 186 Å². The van der Waals surface area contributed by atoms with Crippen molar-refractivity contribution in [1.82, 2.24) is 10.0 Å². The van der Waals surface area contributed by atoms with Gasteiger partial charge in [0, 0.05) is 22.2 Å². The topological polar surface area (TPSA) is 97.6 Å². The van der Waals surface area contributed by atoms with Crippen LogP contribution in [0.2, 0.25) is 5.02 Å². The second-order valence-electron chi connectivity index (χ2n) is 7.10. The van der Waals surface area contributed by atoms with E-state index in [0.29, 0.717) is 16.5 Å². The molecule has 3 rings (SSSR count). The van der Waals surface area contributed by atoms with Gasteiger partial charge in [0.2, 0.25) is 10.0 Å². The van der Waals surface area contributed by atoms with Gasteiger partial charge in [0.25, 0.3) is 5.91 Å². The lowest BCUT2D eigenvalue weighted by molar-refractivity contribution is 0.0948. The zero-order valence-corrected chi connectivity index (χ0v) is 18.9. The van der Waals surface area contributed by atoms with E-state index in [2.05, 4.69) is 10.0 Å². The smallest absolute Gasteiger partial charge is 0.251 e. The largest absolute Gasteiger partial charge is 0.495 e. The summed E-state index contributed by atoms with van der Waals surface area (Å²) in [6.07, 6.45) is 0. The molecule has 0 radical (unpaired) electrons. The van der Waals surface area contributed by atoms with E-state index in [4.69, 9.17) is 20.8 Å². The van der Waals surface area contributed by atoms with Crippen molar-refractivity contribution in [3.8, 4) is 17.1 Å². The number of hydrogen-bond acceptors (Lipinski definition) is 5. The number of halogens is 1.